The largest absolute Gasteiger partial charge is 0.353 e. The first kappa shape index (κ1) is 21.0. The second kappa shape index (κ2) is 8.13. The van der Waals surface area contributed by atoms with Crippen molar-refractivity contribution in [3.63, 3.8) is 0 Å². The van der Waals surface area contributed by atoms with Crippen molar-refractivity contribution in [2.45, 2.75) is 52.2 Å². The fourth-order valence-electron chi connectivity index (χ4n) is 3.22. The molecule has 2 rings (SSSR count). The Balaban J connectivity index is 2.10. The number of hydrogen-bond donors (Lipinski definition) is 2. The third-order valence-corrected chi connectivity index (χ3v) is 5.55. The van der Waals surface area contributed by atoms with E-state index in [1.807, 2.05) is 32.6 Å². The molecule has 2 aliphatic rings. The molecule has 148 valence electrons. The van der Waals surface area contributed by atoms with Crippen molar-refractivity contribution in [2.75, 3.05) is 32.7 Å². The zero-order chi connectivity index (χ0) is 20.2. The van der Waals surface area contributed by atoms with Gasteiger partial charge >= 0.3 is 0 Å². The smallest absolute Gasteiger partial charge is 0.241 e. The van der Waals surface area contributed by atoms with E-state index in [1.54, 1.807) is 6.92 Å². The predicted octanol–water partition coefficient (Wildman–Crippen LogP) is 1.28. The van der Waals surface area contributed by atoms with E-state index >= 15 is 0 Å². The summed E-state index contributed by atoms with van der Waals surface area (Å²) in [7, 11) is 0. The second-order valence-corrected chi connectivity index (χ2v) is 7.90. The molecule has 1 fully saturated rings. The molecule has 0 aromatic rings. The Morgan fingerprint density at radius 3 is 2.56 bits per heavy atom. The predicted molar refractivity (Wildman–Crippen MR) is 104 cm³/mol. The first-order chi connectivity index (χ1) is 12.6. The van der Waals surface area contributed by atoms with Gasteiger partial charge in [0, 0.05) is 38.4 Å². The highest BCUT2D eigenvalue weighted by Gasteiger charge is 2.50. The Kier molecular flexibility index (Phi) is 6.31. The van der Waals surface area contributed by atoms with Gasteiger partial charge in [-0.05, 0) is 34.6 Å². The minimum absolute atomic E-state index is 0.0255. The maximum Gasteiger partial charge on any atom is 0.241 e. The molecule has 0 spiro atoms. The summed E-state index contributed by atoms with van der Waals surface area (Å²) in [6, 6.07) is 2.07. The highest BCUT2D eigenvalue weighted by molar-refractivity contribution is 5.83. The lowest BCUT2D eigenvalue weighted by Gasteiger charge is -2.38. The van der Waals surface area contributed by atoms with E-state index in [4.69, 9.17) is 5.41 Å². The maximum absolute atomic E-state index is 11.9. The van der Waals surface area contributed by atoms with Gasteiger partial charge in [-0.2, -0.15) is 10.4 Å². The van der Waals surface area contributed by atoms with Gasteiger partial charge in [0.15, 0.2) is 5.54 Å². The van der Waals surface area contributed by atoms with Crippen molar-refractivity contribution >= 4 is 18.1 Å². The molecule has 0 aromatic heterocycles. The molecule has 9 heteroatoms. The summed E-state index contributed by atoms with van der Waals surface area (Å²) in [5, 5.41) is 29.1. The normalized spacial score (nSPS) is 31.8. The van der Waals surface area contributed by atoms with Crippen LogP contribution in [0.15, 0.2) is 15.2 Å². The molecule has 0 saturated carbocycles. The molecule has 2 aliphatic heterocycles. The van der Waals surface area contributed by atoms with E-state index in [2.05, 4.69) is 31.5 Å². The van der Waals surface area contributed by atoms with Crippen LogP contribution in [0.1, 0.15) is 34.6 Å². The van der Waals surface area contributed by atoms with Crippen molar-refractivity contribution in [2.24, 2.45) is 20.6 Å². The van der Waals surface area contributed by atoms with Crippen molar-refractivity contribution in [1.82, 2.24) is 15.1 Å². The number of nitrogens with zero attached hydrogens (tertiary/aromatic N) is 6. The Bertz CT molecular complexity index is 673. The molecule has 3 atom stereocenters. The molecule has 1 amide bonds. The number of hydrogen-bond acceptors (Lipinski definition) is 8. The van der Waals surface area contributed by atoms with Gasteiger partial charge in [-0.3, -0.25) is 9.69 Å². The third-order valence-electron chi connectivity index (χ3n) is 5.55. The van der Waals surface area contributed by atoms with Crippen LogP contribution in [0.2, 0.25) is 0 Å². The molecule has 0 aromatic carbocycles. The fourth-order valence-corrected chi connectivity index (χ4v) is 3.22. The van der Waals surface area contributed by atoms with E-state index in [1.165, 1.54) is 6.21 Å². The Morgan fingerprint density at radius 2 is 2.04 bits per heavy atom. The first-order valence-corrected chi connectivity index (χ1v) is 9.35. The van der Waals surface area contributed by atoms with Gasteiger partial charge in [-0.25, -0.2) is 4.99 Å². The molecule has 1 saturated heterocycles. The maximum atomic E-state index is 11.9. The Morgan fingerprint density at radius 1 is 1.41 bits per heavy atom. The van der Waals surface area contributed by atoms with Gasteiger partial charge in [0.05, 0.1) is 24.1 Å². The van der Waals surface area contributed by atoms with Gasteiger partial charge < -0.3 is 15.6 Å². The molecule has 0 bridgehead atoms. The molecule has 2 unspecified atom stereocenters. The van der Waals surface area contributed by atoms with Crippen LogP contribution in [0.25, 0.3) is 0 Å². The minimum atomic E-state index is -1.12. The Labute approximate surface area is 161 Å². The van der Waals surface area contributed by atoms with Gasteiger partial charge in [0.25, 0.3) is 0 Å². The number of nitriles is 1. The van der Waals surface area contributed by atoms with Crippen molar-refractivity contribution in [3.8, 4) is 6.07 Å². The van der Waals surface area contributed by atoms with Crippen LogP contribution in [0.5, 0.6) is 0 Å². The summed E-state index contributed by atoms with van der Waals surface area (Å²) < 4.78 is 0. The van der Waals surface area contributed by atoms with Crippen LogP contribution < -0.4 is 5.32 Å². The highest BCUT2D eigenvalue weighted by atomic mass is 16.2. The average Bonchev–Trinajstić information content (AvgIpc) is 2.72. The zero-order valence-electron chi connectivity index (χ0n) is 16.9. The van der Waals surface area contributed by atoms with Gasteiger partial charge in [-0.15, -0.1) is 5.11 Å². The van der Waals surface area contributed by atoms with E-state index < -0.39 is 11.0 Å². The standard InChI is InChI=1S/C18H30N8O/c1-13(2)21-15(27)10-25-6-8-26(9-7-25)16-22-18(5,12-20)17(4,11-19)14(3)23-24-16/h11,13-14,19H,6-10H2,1-5H3,(H,21,27)/t14?,17-,18?/m1/s1. The molecule has 9 nitrogen and oxygen atoms in total. The molecular formula is C18H30N8O. The topological polar surface area (TPSA) is 120 Å². The number of piperazine rings is 1. The van der Waals surface area contributed by atoms with Crippen molar-refractivity contribution in [1.29, 1.82) is 10.7 Å². The number of amides is 1. The summed E-state index contributed by atoms with van der Waals surface area (Å²) in [6.07, 6.45) is 1.26. The van der Waals surface area contributed by atoms with E-state index in [-0.39, 0.29) is 18.0 Å². The van der Waals surface area contributed by atoms with Crippen LogP contribution in [0.4, 0.5) is 0 Å². The average molecular weight is 374 g/mol. The van der Waals surface area contributed by atoms with Crippen LogP contribution in [0, 0.1) is 22.2 Å². The molecular weight excluding hydrogens is 344 g/mol. The quantitative estimate of drug-likeness (QED) is 0.720. The summed E-state index contributed by atoms with van der Waals surface area (Å²) in [6.45, 7) is 12.4. The molecule has 2 N–H and O–H groups in total. The second-order valence-electron chi connectivity index (χ2n) is 7.90. The van der Waals surface area contributed by atoms with Crippen LogP contribution in [-0.2, 0) is 4.79 Å². The van der Waals surface area contributed by atoms with Crippen LogP contribution in [-0.4, -0.2) is 78.2 Å². The number of carbonyl (C=O) groups excluding carboxylic acids is 1. The number of azo groups is 1. The molecule has 0 radical (unpaired) electrons. The molecule has 0 aliphatic carbocycles. The highest BCUT2D eigenvalue weighted by Crippen LogP contribution is 2.39. The zero-order valence-corrected chi connectivity index (χ0v) is 16.9. The van der Waals surface area contributed by atoms with Gasteiger partial charge in [-0.1, -0.05) is 0 Å². The number of nitrogens with one attached hydrogen (secondary N) is 2. The fraction of sp³-hybridized carbons (Fsp3) is 0.778. The Hall–Kier alpha value is -2.34. The van der Waals surface area contributed by atoms with E-state index in [9.17, 15) is 10.1 Å². The van der Waals surface area contributed by atoms with Gasteiger partial charge in [0.1, 0.15) is 0 Å². The number of aliphatic imine (C=N–C) groups is 1. The number of carbonyl (C=O) groups is 1. The first-order valence-electron chi connectivity index (χ1n) is 9.35. The van der Waals surface area contributed by atoms with E-state index in [0.29, 0.717) is 38.7 Å². The summed E-state index contributed by atoms with van der Waals surface area (Å²) in [5.41, 5.74) is -1.95. The monoisotopic (exact) mass is 374 g/mol. The molecule has 27 heavy (non-hydrogen) atoms. The van der Waals surface area contributed by atoms with Crippen LogP contribution >= 0.6 is 0 Å². The minimum Gasteiger partial charge on any atom is -0.353 e. The number of guanidine groups is 1. The van der Waals surface area contributed by atoms with E-state index in [0.717, 1.165) is 0 Å². The lowest BCUT2D eigenvalue weighted by molar-refractivity contribution is -0.123. The summed E-state index contributed by atoms with van der Waals surface area (Å²) in [5.74, 6) is 0.459. The lowest BCUT2D eigenvalue weighted by Crippen LogP contribution is -2.52. The lowest BCUT2D eigenvalue weighted by atomic mass is 9.69. The summed E-state index contributed by atoms with van der Waals surface area (Å²) >= 11 is 0. The molecule has 2 heterocycles. The number of rotatable bonds is 4. The van der Waals surface area contributed by atoms with Crippen molar-refractivity contribution < 1.29 is 4.79 Å². The third kappa shape index (κ3) is 4.33. The van der Waals surface area contributed by atoms with Crippen LogP contribution in [0.3, 0.4) is 0 Å². The summed E-state index contributed by atoms with van der Waals surface area (Å²) in [4.78, 5) is 20.6. The van der Waals surface area contributed by atoms with Gasteiger partial charge in [0.2, 0.25) is 11.9 Å². The SMILES string of the molecule is CC(C)NC(=O)CN1CCN(C2=NC(C)(C#N)[C@](C)(C=N)C(C)N=N2)CC1. The van der Waals surface area contributed by atoms with Crippen molar-refractivity contribution in [3.05, 3.63) is 0 Å².